The summed E-state index contributed by atoms with van der Waals surface area (Å²) < 4.78 is 15.6. The molecule has 0 atom stereocenters. The van der Waals surface area contributed by atoms with E-state index in [0.29, 0.717) is 0 Å². The van der Waals surface area contributed by atoms with Gasteiger partial charge in [0.05, 0.1) is 0 Å². The van der Waals surface area contributed by atoms with Gasteiger partial charge in [-0.05, 0) is 5.56 Å². The van der Waals surface area contributed by atoms with Crippen LogP contribution in [0.1, 0.15) is 26.3 Å². The molecule has 0 unspecified atom stereocenters. The summed E-state index contributed by atoms with van der Waals surface area (Å²) >= 11 is 0. The Morgan fingerprint density at radius 3 is 2.45 bits per heavy atom. The molecule has 0 spiro atoms. The average molecular weight is 276 g/mol. The van der Waals surface area contributed by atoms with E-state index in [-0.39, 0.29) is 17.9 Å². The number of hydrogen-bond donors (Lipinski definition) is 0. The topological polar surface area (TPSA) is 61.8 Å². The van der Waals surface area contributed by atoms with Gasteiger partial charge in [-0.3, -0.25) is 4.79 Å². The van der Waals surface area contributed by atoms with Crippen molar-refractivity contribution >= 4 is 11.9 Å². The smallest absolute Gasteiger partial charge is 0.344 e. The van der Waals surface area contributed by atoms with E-state index in [4.69, 9.17) is 14.2 Å². The summed E-state index contributed by atoms with van der Waals surface area (Å²) in [6, 6.07) is 9.33. The molecule has 1 aliphatic rings. The Hall–Kier alpha value is -2.30. The molecule has 20 heavy (non-hydrogen) atoms. The highest BCUT2D eigenvalue weighted by molar-refractivity contribution is 5.90. The second-order valence-corrected chi connectivity index (χ2v) is 4.91. The van der Waals surface area contributed by atoms with Gasteiger partial charge >= 0.3 is 17.9 Å². The van der Waals surface area contributed by atoms with Crippen LogP contribution in [0.15, 0.2) is 41.9 Å². The normalized spacial score (nSPS) is 17.2. The van der Waals surface area contributed by atoms with E-state index in [1.807, 2.05) is 30.3 Å². The van der Waals surface area contributed by atoms with E-state index in [2.05, 4.69) is 0 Å². The van der Waals surface area contributed by atoms with E-state index in [1.165, 1.54) is 6.92 Å². The molecule has 0 aliphatic carbocycles. The maximum Gasteiger partial charge on any atom is 0.344 e. The largest absolute Gasteiger partial charge is 0.422 e. The summed E-state index contributed by atoms with van der Waals surface area (Å²) in [5.41, 5.74) is 1.10. The number of cyclic esters (lactones) is 1. The van der Waals surface area contributed by atoms with Crippen molar-refractivity contribution in [3.8, 4) is 0 Å². The first-order valence-electron chi connectivity index (χ1n) is 6.25. The zero-order chi connectivity index (χ0) is 14.8. The van der Waals surface area contributed by atoms with E-state index < -0.39 is 17.7 Å². The van der Waals surface area contributed by atoms with E-state index in [0.717, 1.165) is 5.56 Å². The van der Waals surface area contributed by atoms with Crippen LogP contribution >= 0.6 is 0 Å². The van der Waals surface area contributed by atoms with Gasteiger partial charge in [0.2, 0.25) is 0 Å². The number of esters is 2. The zero-order valence-corrected chi connectivity index (χ0v) is 11.6. The maximum atomic E-state index is 12.1. The van der Waals surface area contributed by atoms with Gasteiger partial charge in [-0.25, -0.2) is 4.79 Å². The molecule has 1 aliphatic heterocycles. The van der Waals surface area contributed by atoms with Gasteiger partial charge in [-0.1, -0.05) is 30.3 Å². The summed E-state index contributed by atoms with van der Waals surface area (Å²) in [6.45, 7) is 4.41. The van der Waals surface area contributed by atoms with Crippen molar-refractivity contribution in [3.05, 3.63) is 47.4 Å². The number of ether oxygens (including phenoxy) is 3. The standard InChI is InChI=1S/C15H16O5/c1-10(16)18-14-12(9-11-7-5-4-6-8-11)13(17)19-15(2,3)20-14/h4-8H,9H2,1-3H3. The highest BCUT2D eigenvalue weighted by atomic mass is 16.8. The first-order valence-corrected chi connectivity index (χ1v) is 6.25. The summed E-state index contributed by atoms with van der Waals surface area (Å²) in [4.78, 5) is 23.2. The minimum atomic E-state index is -1.15. The molecule has 0 radical (unpaired) electrons. The Morgan fingerprint density at radius 2 is 1.85 bits per heavy atom. The van der Waals surface area contributed by atoms with Crippen LogP contribution in [0.3, 0.4) is 0 Å². The first kappa shape index (κ1) is 14.1. The lowest BCUT2D eigenvalue weighted by Crippen LogP contribution is -2.38. The van der Waals surface area contributed by atoms with E-state index in [9.17, 15) is 9.59 Å². The van der Waals surface area contributed by atoms with Gasteiger partial charge in [0, 0.05) is 27.2 Å². The Bertz CT molecular complexity index is 557. The molecule has 0 saturated heterocycles. The molecule has 0 amide bonds. The molecule has 0 fully saturated rings. The maximum absolute atomic E-state index is 12.1. The Morgan fingerprint density at radius 1 is 1.20 bits per heavy atom. The third-order valence-corrected chi connectivity index (χ3v) is 2.63. The van der Waals surface area contributed by atoms with Crippen molar-refractivity contribution in [2.45, 2.75) is 33.0 Å². The van der Waals surface area contributed by atoms with Crippen LogP contribution < -0.4 is 0 Å². The van der Waals surface area contributed by atoms with Gasteiger partial charge in [0.15, 0.2) is 0 Å². The molecule has 1 heterocycles. The predicted molar refractivity (Wildman–Crippen MR) is 70.2 cm³/mol. The van der Waals surface area contributed by atoms with E-state index in [1.54, 1.807) is 13.8 Å². The highest BCUT2D eigenvalue weighted by Crippen LogP contribution is 2.29. The summed E-state index contributed by atoms with van der Waals surface area (Å²) in [5, 5.41) is 0. The number of rotatable bonds is 3. The van der Waals surface area contributed by atoms with E-state index >= 15 is 0 Å². The Kier molecular flexibility index (Phi) is 3.79. The van der Waals surface area contributed by atoms with Crippen molar-refractivity contribution in [1.29, 1.82) is 0 Å². The number of carbonyl (C=O) groups is 2. The van der Waals surface area contributed by atoms with Crippen LogP contribution in [0, 0.1) is 0 Å². The summed E-state index contributed by atoms with van der Waals surface area (Å²) in [5.74, 6) is -2.32. The minimum Gasteiger partial charge on any atom is -0.422 e. The molecular formula is C15H16O5. The minimum absolute atomic E-state index is 0.0809. The first-order chi connectivity index (χ1) is 9.37. The lowest BCUT2D eigenvalue weighted by molar-refractivity contribution is -0.225. The molecule has 1 aromatic rings. The van der Waals surface area contributed by atoms with Crippen LogP contribution in [-0.4, -0.2) is 17.7 Å². The van der Waals surface area contributed by atoms with Crippen LogP contribution in [0.5, 0.6) is 0 Å². The van der Waals surface area contributed by atoms with Crippen molar-refractivity contribution < 1.29 is 23.8 Å². The van der Waals surface area contributed by atoms with Gasteiger partial charge in [-0.2, -0.15) is 0 Å². The third kappa shape index (κ3) is 3.38. The fourth-order valence-electron chi connectivity index (χ4n) is 1.83. The SMILES string of the molecule is CC(=O)OC1=C(Cc2ccccc2)C(=O)OC(C)(C)O1. The van der Waals surface area contributed by atoms with Crippen LogP contribution in [-0.2, 0) is 30.2 Å². The van der Waals surface area contributed by atoms with Gasteiger partial charge in [0.25, 0.3) is 5.79 Å². The van der Waals surface area contributed by atoms with Crippen LogP contribution in [0.25, 0.3) is 0 Å². The van der Waals surface area contributed by atoms with Gasteiger partial charge < -0.3 is 14.2 Å². The zero-order valence-electron chi connectivity index (χ0n) is 11.6. The fourth-order valence-corrected chi connectivity index (χ4v) is 1.83. The molecule has 5 heteroatoms. The molecule has 0 bridgehead atoms. The van der Waals surface area contributed by atoms with Crippen molar-refractivity contribution in [2.24, 2.45) is 0 Å². The predicted octanol–water partition coefficient (Wildman–Crippen LogP) is 2.31. The fraction of sp³-hybridized carbons (Fsp3) is 0.333. The van der Waals surface area contributed by atoms with Gasteiger partial charge in [0.1, 0.15) is 5.57 Å². The van der Waals surface area contributed by atoms with Crippen LogP contribution in [0.4, 0.5) is 0 Å². The molecule has 0 saturated carbocycles. The summed E-state index contributed by atoms with van der Waals surface area (Å²) in [6.07, 6.45) is 0.276. The molecule has 1 aromatic carbocycles. The number of hydrogen-bond acceptors (Lipinski definition) is 5. The molecule has 0 N–H and O–H groups in total. The van der Waals surface area contributed by atoms with Crippen molar-refractivity contribution in [3.63, 3.8) is 0 Å². The quantitative estimate of drug-likeness (QED) is 0.793. The second-order valence-electron chi connectivity index (χ2n) is 4.91. The number of carbonyl (C=O) groups excluding carboxylic acids is 2. The summed E-state index contributed by atoms with van der Waals surface area (Å²) in [7, 11) is 0. The van der Waals surface area contributed by atoms with Crippen molar-refractivity contribution in [1.82, 2.24) is 0 Å². The third-order valence-electron chi connectivity index (χ3n) is 2.63. The monoisotopic (exact) mass is 276 g/mol. The Labute approximate surface area is 117 Å². The Balaban J connectivity index is 2.34. The molecule has 5 nitrogen and oxygen atoms in total. The molecular weight excluding hydrogens is 260 g/mol. The highest BCUT2D eigenvalue weighted by Gasteiger charge is 2.37. The van der Waals surface area contributed by atoms with Crippen molar-refractivity contribution in [2.75, 3.05) is 0 Å². The van der Waals surface area contributed by atoms with Crippen LogP contribution in [0.2, 0.25) is 0 Å². The number of benzene rings is 1. The lowest BCUT2D eigenvalue weighted by atomic mass is 10.1. The molecule has 106 valence electrons. The molecule has 2 rings (SSSR count). The lowest BCUT2D eigenvalue weighted by Gasteiger charge is -2.32. The second kappa shape index (κ2) is 5.36. The average Bonchev–Trinajstić information content (AvgIpc) is 2.33. The van der Waals surface area contributed by atoms with Gasteiger partial charge in [-0.15, -0.1) is 0 Å². The molecule has 0 aromatic heterocycles.